The van der Waals surface area contributed by atoms with E-state index < -0.39 is 66.4 Å². The number of nitro groups is 1. The topological polar surface area (TPSA) is 263 Å². The van der Waals surface area contributed by atoms with Crippen molar-refractivity contribution < 1.29 is 68.2 Å². The molecule has 0 unspecified atom stereocenters. The van der Waals surface area contributed by atoms with Crippen LogP contribution in [0.2, 0.25) is 0 Å². The van der Waals surface area contributed by atoms with Crippen molar-refractivity contribution in [1.29, 1.82) is 0 Å². The predicted molar refractivity (Wildman–Crippen MR) is 192 cm³/mol. The molecule has 0 radical (unpaired) electrons. The fourth-order valence-electron chi connectivity index (χ4n) is 6.19. The van der Waals surface area contributed by atoms with Crippen LogP contribution in [0.1, 0.15) is 29.0 Å². The molecular weight excluding hydrogens is 738 g/mol. The van der Waals surface area contributed by atoms with E-state index in [0.717, 1.165) is 34.4 Å². The van der Waals surface area contributed by atoms with Crippen LogP contribution in [-0.4, -0.2) is 93.3 Å². The van der Waals surface area contributed by atoms with E-state index in [9.17, 15) is 49.7 Å². The lowest BCUT2D eigenvalue weighted by Crippen LogP contribution is -2.61. The normalized spacial score (nSPS) is 19.8. The number of anilines is 1. The van der Waals surface area contributed by atoms with Crippen LogP contribution < -0.4 is 20.1 Å². The average Bonchev–Trinajstić information content (AvgIpc) is 3.50. The second-order valence-corrected chi connectivity index (χ2v) is 12.6. The number of aliphatic carboxylic acids is 1. The summed E-state index contributed by atoms with van der Waals surface area (Å²) < 4.78 is 26.5. The molecule has 4 aromatic carbocycles. The van der Waals surface area contributed by atoms with Crippen molar-refractivity contribution in [2.24, 2.45) is 0 Å². The maximum atomic E-state index is 13.1. The van der Waals surface area contributed by atoms with Gasteiger partial charge in [0, 0.05) is 31.0 Å². The number of non-ortho nitro benzene ring substituents is 1. The highest BCUT2D eigenvalue weighted by atomic mass is 16.7. The van der Waals surface area contributed by atoms with Crippen molar-refractivity contribution in [3.63, 3.8) is 0 Å². The number of carboxylic acids is 1. The zero-order chi connectivity index (χ0) is 39.9. The molecule has 0 saturated carbocycles. The molecule has 0 spiro atoms. The highest BCUT2D eigenvalue weighted by Gasteiger charge is 2.48. The molecule has 1 heterocycles. The van der Waals surface area contributed by atoms with Gasteiger partial charge in [0.05, 0.1) is 10.6 Å². The summed E-state index contributed by atoms with van der Waals surface area (Å²) in [4.78, 5) is 59.9. The third-order valence-electron chi connectivity index (χ3n) is 8.94. The van der Waals surface area contributed by atoms with Gasteiger partial charge in [0.25, 0.3) is 5.69 Å². The molecule has 1 aliphatic heterocycles. The molecule has 5 atom stereocenters. The number of nitrogens with zero attached hydrogens (tertiary/aromatic N) is 1. The third-order valence-corrected chi connectivity index (χ3v) is 8.94. The lowest BCUT2D eigenvalue weighted by molar-refractivity contribution is -0.384. The minimum absolute atomic E-state index is 0.0259. The van der Waals surface area contributed by atoms with E-state index in [0.29, 0.717) is 0 Å². The Bertz CT molecular complexity index is 2060. The van der Waals surface area contributed by atoms with E-state index in [2.05, 4.69) is 10.6 Å². The van der Waals surface area contributed by atoms with Crippen molar-refractivity contribution in [3.8, 4) is 22.6 Å². The highest BCUT2D eigenvalue weighted by molar-refractivity contribution is 5.92. The van der Waals surface area contributed by atoms with Gasteiger partial charge < -0.3 is 54.7 Å². The quantitative estimate of drug-likeness (QED) is 0.0492. The number of ether oxygens (including phenoxy) is 5. The van der Waals surface area contributed by atoms with Crippen LogP contribution in [0, 0.1) is 10.1 Å². The second-order valence-electron chi connectivity index (χ2n) is 12.6. The molecule has 4 aromatic rings. The van der Waals surface area contributed by atoms with Gasteiger partial charge in [-0.1, -0.05) is 54.6 Å². The monoisotopic (exact) mass is 773 g/mol. The average molecular weight is 774 g/mol. The number of nitrogens with one attached hydrogen (secondary N) is 2. The number of carbonyl (C=O) groups is 4. The Morgan fingerprint density at radius 2 is 1.48 bits per heavy atom. The van der Waals surface area contributed by atoms with Gasteiger partial charge in [-0.2, -0.15) is 0 Å². The van der Waals surface area contributed by atoms with Crippen LogP contribution in [0.5, 0.6) is 11.5 Å². The van der Waals surface area contributed by atoms with Gasteiger partial charge in [0.2, 0.25) is 12.2 Å². The number of alkyl carbamates (subject to hydrolysis) is 1. The number of nitro benzene ring substituents is 1. The van der Waals surface area contributed by atoms with E-state index in [1.54, 1.807) is 0 Å². The number of hydrogen-bond donors (Lipinski definition) is 6. The molecule has 56 heavy (non-hydrogen) atoms. The van der Waals surface area contributed by atoms with E-state index in [1.807, 2.05) is 48.5 Å². The fourth-order valence-corrected chi connectivity index (χ4v) is 6.19. The molecule has 1 fully saturated rings. The van der Waals surface area contributed by atoms with Crippen LogP contribution in [0.25, 0.3) is 11.1 Å². The molecular formula is C38H35N3O15. The Morgan fingerprint density at radius 1 is 0.821 bits per heavy atom. The minimum Gasteiger partial charge on any atom is -0.479 e. The number of benzene rings is 4. The zero-order valence-electron chi connectivity index (χ0n) is 29.2. The maximum absolute atomic E-state index is 13.1. The first-order valence-electron chi connectivity index (χ1n) is 17.1. The van der Waals surface area contributed by atoms with Gasteiger partial charge in [-0.15, -0.1) is 0 Å². The van der Waals surface area contributed by atoms with Crippen molar-refractivity contribution in [1.82, 2.24) is 5.32 Å². The van der Waals surface area contributed by atoms with Gasteiger partial charge >= 0.3 is 18.2 Å². The van der Waals surface area contributed by atoms with Crippen molar-refractivity contribution in [3.05, 3.63) is 118 Å². The third kappa shape index (κ3) is 9.01. The van der Waals surface area contributed by atoms with Gasteiger partial charge in [0.15, 0.2) is 6.10 Å². The second kappa shape index (κ2) is 17.2. The minimum atomic E-state index is -1.98. The molecule has 1 aliphatic carbocycles. The van der Waals surface area contributed by atoms with Crippen molar-refractivity contribution in [2.45, 2.75) is 49.7 Å². The summed E-state index contributed by atoms with van der Waals surface area (Å²) in [6, 6.07) is 24.3. The number of amides is 2. The molecule has 292 valence electrons. The molecule has 18 nitrogen and oxygen atoms in total. The van der Waals surface area contributed by atoms with Gasteiger partial charge in [-0.25, -0.2) is 14.4 Å². The summed E-state index contributed by atoms with van der Waals surface area (Å²) in [6.07, 6.45) is -11.8. The summed E-state index contributed by atoms with van der Waals surface area (Å²) in [5.41, 5.74) is 4.17. The van der Waals surface area contributed by atoms with Crippen LogP contribution in [-0.2, 0) is 30.4 Å². The number of carboxylic acid groups (broad SMARTS) is 1. The fraction of sp³-hybridized carbons (Fsp3) is 0.263. The smallest absolute Gasteiger partial charge is 0.479 e. The molecule has 2 amide bonds. The van der Waals surface area contributed by atoms with E-state index in [-0.39, 0.29) is 53.9 Å². The van der Waals surface area contributed by atoms with E-state index in [4.69, 9.17) is 23.7 Å². The first-order chi connectivity index (χ1) is 26.9. The number of hydrogen-bond acceptors (Lipinski definition) is 14. The maximum Gasteiger partial charge on any atom is 0.514 e. The Kier molecular flexibility index (Phi) is 12.0. The highest BCUT2D eigenvalue weighted by Crippen LogP contribution is 2.44. The number of rotatable bonds is 13. The van der Waals surface area contributed by atoms with Gasteiger partial charge in [-0.3, -0.25) is 14.9 Å². The largest absolute Gasteiger partial charge is 0.514 e. The van der Waals surface area contributed by atoms with E-state index in [1.165, 1.54) is 30.3 Å². The summed E-state index contributed by atoms with van der Waals surface area (Å²) in [5.74, 6) is -2.66. The Morgan fingerprint density at radius 3 is 2.12 bits per heavy atom. The Balaban J connectivity index is 1.08. The molecule has 0 aromatic heterocycles. The summed E-state index contributed by atoms with van der Waals surface area (Å²) in [5, 5.41) is 56.2. The number of fused-ring (bicyclic) bond motifs is 3. The number of carbonyl (C=O) groups excluding carboxylic acids is 3. The van der Waals surface area contributed by atoms with Crippen LogP contribution in [0.4, 0.5) is 21.0 Å². The lowest BCUT2D eigenvalue weighted by atomic mass is 9.98. The molecule has 0 bridgehead atoms. The number of aliphatic hydroxyl groups excluding tert-OH is 3. The van der Waals surface area contributed by atoms with Crippen LogP contribution in [0.3, 0.4) is 0 Å². The lowest BCUT2D eigenvalue weighted by Gasteiger charge is -2.38. The first kappa shape index (κ1) is 39.1. The van der Waals surface area contributed by atoms with Crippen molar-refractivity contribution in [2.75, 3.05) is 18.5 Å². The molecule has 6 N–H and O–H groups in total. The van der Waals surface area contributed by atoms with Crippen LogP contribution >= 0.6 is 0 Å². The Labute approximate surface area is 317 Å². The van der Waals surface area contributed by atoms with E-state index >= 15 is 0 Å². The summed E-state index contributed by atoms with van der Waals surface area (Å²) in [6.45, 7) is -0.496. The summed E-state index contributed by atoms with van der Waals surface area (Å²) in [7, 11) is 0. The molecule has 18 heteroatoms. The number of aliphatic hydroxyl groups is 3. The van der Waals surface area contributed by atoms with Gasteiger partial charge in [-0.05, 0) is 52.1 Å². The van der Waals surface area contributed by atoms with Crippen molar-refractivity contribution >= 4 is 35.5 Å². The summed E-state index contributed by atoms with van der Waals surface area (Å²) >= 11 is 0. The molecule has 6 rings (SSSR count). The molecule has 2 aliphatic rings. The predicted octanol–water partition coefficient (Wildman–Crippen LogP) is 3.45. The zero-order valence-corrected chi connectivity index (χ0v) is 29.2. The molecule has 1 saturated heterocycles. The SMILES string of the molecule is O=C(CCNC(=O)OCC1c2ccccc2-c2ccccc21)Nc1cc(COC(=O)Oc2ccc([N+](=O)[O-])cc2)ccc1O[C@H]1O[C@H](C(=O)O)[C@@H](O)[C@H](O)[C@H]1O. The standard InChI is InChI=1S/C38H35N3O15/c42-30(15-16-39-37(48)52-19-27-25-7-3-1-5-23(25)24-6-2-4-8-26(24)27)40-28-17-20(18-53-38(49)54-22-12-10-21(11-13-22)41(50)51)9-14-29(28)55-36-33(45)31(43)32(44)34(56-36)35(46)47/h1-14,17,27,31-34,36,43-45H,15-16,18-19H2,(H,39,48)(H,40,42)(H,46,47)/t31-,32-,33+,34-,36-/m0/s1. The Hall–Kier alpha value is -6.60. The van der Waals surface area contributed by atoms with Gasteiger partial charge in [0.1, 0.15) is 43.0 Å². The first-order valence-corrected chi connectivity index (χ1v) is 17.1. The van der Waals surface area contributed by atoms with Crippen LogP contribution in [0.15, 0.2) is 91.0 Å².